The Hall–Kier alpha value is -1.07. The first kappa shape index (κ1) is 12.4. The molecule has 1 saturated carbocycles. The van der Waals surface area contributed by atoms with Crippen molar-refractivity contribution in [3.63, 3.8) is 0 Å². The normalized spacial score (nSPS) is 16.6. The molecule has 0 bridgehead atoms. The quantitative estimate of drug-likeness (QED) is 0.738. The number of hydrogen-bond donors (Lipinski definition) is 3. The topological polar surface area (TPSA) is 75.4 Å². The molecule has 17 heavy (non-hydrogen) atoms. The molecule has 0 unspecified atom stereocenters. The number of nitrogens with one attached hydrogen (secondary N) is 1. The third-order valence-electron chi connectivity index (χ3n) is 3.10. The summed E-state index contributed by atoms with van der Waals surface area (Å²) >= 11 is 3.30. The molecular formula is C12H15BrN2O2. The van der Waals surface area contributed by atoms with Gasteiger partial charge in [-0.3, -0.25) is 4.79 Å². The summed E-state index contributed by atoms with van der Waals surface area (Å²) in [5.74, 6) is -0.155. The number of anilines is 1. The fraction of sp³-hybridized carbons (Fsp3) is 0.417. The van der Waals surface area contributed by atoms with Crippen molar-refractivity contribution in [2.24, 2.45) is 5.41 Å². The predicted molar refractivity (Wildman–Crippen MR) is 69.6 cm³/mol. The molecule has 0 spiro atoms. The van der Waals surface area contributed by atoms with Gasteiger partial charge in [-0.25, -0.2) is 0 Å². The Morgan fingerprint density at radius 2 is 2.18 bits per heavy atom. The van der Waals surface area contributed by atoms with E-state index in [1.54, 1.807) is 18.2 Å². The van der Waals surface area contributed by atoms with Crippen LogP contribution in [0.15, 0.2) is 22.7 Å². The van der Waals surface area contributed by atoms with Crippen LogP contribution in [-0.2, 0) is 0 Å². The third-order valence-corrected chi connectivity index (χ3v) is 3.56. The highest BCUT2D eigenvalue weighted by molar-refractivity contribution is 9.10. The Bertz CT molecular complexity index is 424. The van der Waals surface area contributed by atoms with Crippen molar-refractivity contribution in [1.29, 1.82) is 0 Å². The lowest BCUT2D eigenvalue weighted by atomic mass is 10.1. The van der Waals surface area contributed by atoms with Crippen LogP contribution in [0.2, 0.25) is 0 Å². The number of halogens is 1. The van der Waals surface area contributed by atoms with Crippen molar-refractivity contribution in [3.05, 3.63) is 28.2 Å². The van der Waals surface area contributed by atoms with Gasteiger partial charge >= 0.3 is 0 Å². The highest BCUT2D eigenvalue weighted by Gasteiger charge is 2.42. The molecule has 0 aliphatic heterocycles. The maximum atomic E-state index is 11.9. The average Bonchev–Trinajstić information content (AvgIpc) is 3.05. The lowest BCUT2D eigenvalue weighted by Crippen LogP contribution is -2.31. The number of rotatable bonds is 4. The number of aliphatic hydroxyl groups is 1. The lowest BCUT2D eigenvalue weighted by molar-refractivity contribution is 0.0935. The van der Waals surface area contributed by atoms with Crippen LogP contribution in [0, 0.1) is 5.41 Å². The standard InChI is InChI=1S/C12H15BrN2O2/c13-9-3-8(4-10(14)5-9)11(17)15-6-12(7-16)1-2-12/h3-5,16H,1-2,6-7,14H2,(H,15,17). The first-order valence-electron chi connectivity index (χ1n) is 5.50. The van der Waals surface area contributed by atoms with Crippen molar-refractivity contribution in [3.8, 4) is 0 Å². The van der Waals surface area contributed by atoms with Gasteiger partial charge in [-0.15, -0.1) is 0 Å². The first-order chi connectivity index (χ1) is 8.04. The van der Waals surface area contributed by atoms with Crippen molar-refractivity contribution in [2.45, 2.75) is 12.8 Å². The Balaban J connectivity index is 1.99. The largest absolute Gasteiger partial charge is 0.399 e. The Morgan fingerprint density at radius 1 is 1.47 bits per heavy atom. The van der Waals surface area contributed by atoms with E-state index in [2.05, 4.69) is 21.2 Å². The van der Waals surface area contributed by atoms with E-state index in [4.69, 9.17) is 10.8 Å². The number of amides is 1. The average molecular weight is 299 g/mol. The van der Waals surface area contributed by atoms with Gasteiger partial charge in [0.15, 0.2) is 0 Å². The van der Waals surface area contributed by atoms with Gasteiger partial charge in [0.1, 0.15) is 0 Å². The minimum atomic E-state index is -0.155. The molecule has 0 atom stereocenters. The molecule has 92 valence electrons. The summed E-state index contributed by atoms with van der Waals surface area (Å²) in [4.78, 5) is 11.9. The van der Waals surface area contributed by atoms with E-state index in [1.165, 1.54) is 0 Å². The van der Waals surface area contributed by atoms with Gasteiger partial charge in [-0.1, -0.05) is 15.9 Å². The van der Waals surface area contributed by atoms with E-state index < -0.39 is 0 Å². The van der Waals surface area contributed by atoms with Crippen molar-refractivity contribution < 1.29 is 9.90 Å². The fourth-order valence-electron chi connectivity index (χ4n) is 1.68. The van der Waals surface area contributed by atoms with Gasteiger partial charge < -0.3 is 16.2 Å². The molecule has 1 amide bonds. The van der Waals surface area contributed by atoms with Gasteiger partial charge in [-0.2, -0.15) is 0 Å². The summed E-state index contributed by atoms with van der Waals surface area (Å²) in [7, 11) is 0. The fourth-order valence-corrected chi connectivity index (χ4v) is 2.19. The van der Waals surface area contributed by atoms with Crippen LogP contribution in [0.4, 0.5) is 5.69 Å². The molecule has 4 N–H and O–H groups in total. The smallest absolute Gasteiger partial charge is 0.251 e. The van der Waals surface area contributed by atoms with Crippen LogP contribution >= 0.6 is 15.9 Å². The highest BCUT2D eigenvalue weighted by Crippen LogP contribution is 2.44. The zero-order valence-corrected chi connectivity index (χ0v) is 11.0. The van der Waals surface area contributed by atoms with Crippen LogP contribution < -0.4 is 11.1 Å². The van der Waals surface area contributed by atoms with Crippen molar-refractivity contribution >= 4 is 27.5 Å². The van der Waals surface area contributed by atoms with E-state index in [0.717, 1.165) is 17.3 Å². The summed E-state index contributed by atoms with van der Waals surface area (Å²) < 4.78 is 0.783. The van der Waals surface area contributed by atoms with Gasteiger partial charge in [0, 0.05) is 27.7 Å². The monoisotopic (exact) mass is 298 g/mol. The zero-order chi connectivity index (χ0) is 12.5. The van der Waals surface area contributed by atoms with E-state index in [0.29, 0.717) is 17.8 Å². The number of aliphatic hydroxyl groups excluding tert-OH is 1. The van der Waals surface area contributed by atoms with Gasteiger partial charge in [0.05, 0.1) is 6.61 Å². The Morgan fingerprint density at radius 3 is 2.71 bits per heavy atom. The lowest BCUT2D eigenvalue weighted by Gasteiger charge is -2.13. The summed E-state index contributed by atoms with van der Waals surface area (Å²) in [5.41, 5.74) is 6.67. The van der Waals surface area contributed by atoms with E-state index in [-0.39, 0.29) is 17.9 Å². The molecule has 1 aliphatic rings. The second-order valence-electron chi connectivity index (χ2n) is 4.61. The summed E-state index contributed by atoms with van der Waals surface area (Å²) in [6.07, 6.45) is 1.95. The number of hydrogen-bond acceptors (Lipinski definition) is 3. The van der Waals surface area contributed by atoms with Gasteiger partial charge in [-0.05, 0) is 31.0 Å². The second kappa shape index (κ2) is 4.66. The van der Waals surface area contributed by atoms with Crippen molar-refractivity contribution in [1.82, 2.24) is 5.32 Å². The summed E-state index contributed by atoms with van der Waals surface area (Å²) in [6.45, 7) is 0.655. The van der Waals surface area contributed by atoms with Crippen molar-refractivity contribution in [2.75, 3.05) is 18.9 Å². The predicted octanol–water partition coefficient (Wildman–Crippen LogP) is 1.53. The molecule has 1 aromatic rings. The molecule has 0 aromatic heterocycles. The minimum Gasteiger partial charge on any atom is -0.399 e. The van der Waals surface area contributed by atoms with Crippen LogP contribution in [0.5, 0.6) is 0 Å². The van der Waals surface area contributed by atoms with E-state index in [9.17, 15) is 4.79 Å². The number of benzene rings is 1. The van der Waals surface area contributed by atoms with Crippen LogP contribution in [-0.4, -0.2) is 24.2 Å². The number of nitrogen functional groups attached to an aromatic ring is 1. The Labute approximate surface area is 108 Å². The van der Waals surface area contributed by atoms with Crippen LogP contribution in [0.3, 0.4) is 0 Å². The summed E-state index contributed by atoms with van der Waals surface area (Å²) in [6, 6.07) is 5.11. The first-order valence-corrected chi connectivity index (χ1v) is 6.29. The molecule has 2 rings (SSSR count). The van der Waals surface area contributed by atoms with Gasteiger partial charge in [0.2, 0.25) is 0 Å². The number of carbonyl (C=O) groups excluding carboxylic acids is 1. The number of nitrogens with two attached hydrogens (primary N) is 1. The van der Waals surface area contributed by atoms with E-state index in [1.807, 2.05) is 0 Å². The molecule has 1 aliphatic carbocycles. The molecule has 0 radical (unpaired) electrons. The molecule has 0 saturated heterocycles. The second-order valence-corrected chi connectivity index (χ2v) is 5.53. The summed E-state index contributed by atoms with van der Waals surface area (Å²) in [5, 5.41) is 12.0. The van der Waals surface area contributed by atoms with Crippen LogP contribution in [0.1, 0.15) is 23.2 Å². The molecule has 0 heterocycles. The molecule has 5 heteroatoms. The molecule has 1 fully saturated rings. The maximum Gasteiger partial charge on any atom is 0.251 e. The van der Waals surface area contributed by atoms with Gasteiger partial charge in [0.25, 0.3) is 5.91 Å². The molecule has 4 nitrogen and oxygen atoms in total. The third kappa shape index (κ3) is 2.98. The van der Waals surface area contributed by atoms with E-state index >= 15 is 0 Å². The minimum absolute atomic E-state index is 0.0762. The number of carbonyl (C=O) groups is 1. The molecule has 1 aromatic carbocycles. The zero-order valence-electron chi connectivity index (χ0n) is 9.37. The van der Waals surface area contributed by atoms with Crippen LogP contribution in [0.25, 0.3) is 0 Å². The highest BCUT2D eigenvalue weighted by atomic mass is 79.9. The maximum absolute atomic E-state index is 11.9. The molecular weight excluding hydrogens is 284 g/mol. The SMILES string of the molecule is Nc1cc(Br)cc(C(=O)NCC2(CO)CC2)c1. The Kier molecular flexibility index (Phi) is 3.40.